The third-order valence-corrected chi connectivity index (χ3v) is 1.84. The summed E-state index contributed by atoms with van der Waals surface area (Å²) >= 11 is 0. The van der Waals surface area contributed by atoms with E-state index in [4.69, 9.17) is 0 Å². The van der Waals surface area contributed by atoms with Crippen LogP contribution in [0.4, 0.5) is 0 Å². The van der Waals surface area contributed by atoms with E-state index in [-0.39, 0.29) is 20.4 Å². The Labute approximate surface area is 71.5 Å². The fourth-order valence-electron chi connectivity index (χ4n) is 1.06. The molecule has 0 aromatic carbocycles. The van der Waals surface area contributed by atoms with E-state index in [1.807, 2.05) is 0 Å². The van der Waals surface area contributed by atoms with Crippen LogP contribution < -0.4 is 0 Å². The molecule has 1 fully saturated rings. The maximum atomic E-state index is 4.01. The molecular weight excluding hydrogens is 284 g/mol. The Morgan fingerprint density at radius 2 is 1.78 bits per heavy atom. The van der Waals surface area contributed by atoms with Crippen molar-refractivity contribution in [2.45, 2.75) is 12.8 Å². The summed E-state index contributed by atoms with van der Waals surface area (Å²) in [6.07, 6.45) is 2.58. The number of piperidine rings is 1. The molecule has 0 bridgehead atoms. The summed E-state index contributed by atoms with van der Waals surface area (Å²) in [6, 6.07) is 0. The molecule has 0 saturated carbocycles. The predicted molar refractivity (Wildman–Crippen MR) is 35.6 cm³/mol. The van der Waals surface area contributed by atoms with E-state index in [1.54, 1.807) is 0 Å². The molecule has 1 nitrogen and oxygen atoms in total. The minimum Gasteiger partial charge on any atom is -0.340 e. The van der Waals surface area contributed by atoms with Crippen molar-refractivity contribution in [1.82, 2.24) is 4.90 Å². The zero-order chi connectivity index (χ0) is 5.98. The molecule has 55 valence electrons. The summed E-state index contributed by atoms with van der Waals surface area (Å²) in [5.41, 5.74) is 0. The maximum Gasteiger partial charge on any atom is 0 e. The first-order valence-electron chi connectivity index (χ1n) is 3.30. The monoisotopic (exact) mass is 299 g/mol. The third-order valence-electron chi connectivity index (χ3n) is 1.84. The number of hydrogen-bond acceptors (Lipinski definition) is 1. The molecule has 1 heterocycles. The van der Waals surface area contributed by atoms with Crippen LogP contribution in [0.2, 0.25) is 0 Å². The molecule has 0 aromatic rings. The molecule has 1 radical (unpaired) electrons. The van der Waals surface area contributed by atoms with Gasteiger partial charge >= 0.3 is 0 Å². The van der Waals surface area contributed by atoms with Gasteiger partial charge < -0.3 is 11.8 Å². The zero-order valence-electron chi connectivity index (χ0n) is 5.94. The molecular formula is C7H14NRe-. The zero-order valence-corrected chi connectivity index (χ0v) is 8.65. The van der Waals surface area contributed by atoms with Crippen LogP contribution in [-0.4, -0.2) is 25.0 Å². The van der Waals surface area contributed by atoms with Crippen molar-refractivity contribution < 1.29 is 20.4 Å². The van der Waals surface area contributed by atoms with Crippen molar-refractivity contribution in [3.63, 3.8) is 0 Å². The largest absolute Gasteiger partial charge is 0.340 e. The molecule has 0 amide bonds. The van der Waals surface area contributed by atoms with Crippen LogP contribution in [0.5, 0.6) is 0 Å². The van der Waals surface area contributed by atoms with Crippen LogP contribution in [0.25, 0.3) is 0 Å². The van der Waals surface area contributed by atoms with Crippen LogP contribution in [-0.2, 0) is 20.4 Å². The first-order valence-corrected chi connectivity index (χ1v) is 3.30. The molecule has 1 aliphatic heterocycles. The molecule has 0 atom stereocenters. The average Bonchev–Trinajstić information content (AvgIpc) is 1.77. The van der Waals surface area contributed by atoms with Crippen molar-refractivity contribution in [2.24, 2.45) is 5.92 Å². The summed E-state index contributed by atoms with van der Waals surface area (Å²) in [6.45, 7) is 6.49. The smallest absolute Gasteiger partial charge is 0 e. The Bertz CT molecular complexity index is 57.3. The van der Waals surface area contributed by atoms with Gasteiger partial charge in [0.05, 0.1) is 0 Å². The van der Waals surface area contributed by atoms with Gasteiger partial charge in [-0.25, -0.2) is 0 Å². The van der Waals surface area contributed by atoms with Gasteiger partial charge in [0.15, 0.2) is 0 Å². The van der Waals surface area contributed by atoms with Crippen LogP contribution in [0.3, 0.4) is 0 Å². The predicted octanol–water partition coefficient (Wildman–Crippen LogP) is 1.16. The van der Waals surface area contributed by atoms with E-state index in [0.717, 1.165) is 5.92 Å². The van der Waals surface area contributed by atoms with E-state index < -0.39 is 0 Å². The van der Waals surface area contributed by atoms with E-state index in [1.165, 1.54) is 25.9 Å². The fraction of sp³-hybridized carbons (Fsp3) is 0.857. The molecule has 2 heteroatoms. The van der Waals surface area contributed by atoms with Crippen LogP contribution in [0.15, 0.2) is 0 Å². The van der Waals surface area contributed by atoms with E-state index in [2.05, 4.69) is 18.9 Å². The molecule has 1 saturated heterocycles. The second kappa shape index (κ2) is 4.44. The third kappa shape index (κ3) is 3.35. The average molecular weight is 298 g/mol. The Balaban J connectivity index is 0.000000640. The van der Waals surface area contributed by atoms with Crippen molar-refractivity contribution in [1.29, 1.82) is 0 Å². The number of nitrogens with zero attached hydrogens (tertiary/aromatic N) is 1. The first kappa shape index (κ1) is 9.62. The van der Waals surface area contributed by atoms with E-state index >= 15 is 0 Å². The van der Waals surface area contributed by atoms with Crippen molar-refractivity contribution >= 4 is 0 Å². The summed E-state index contributed by atoms with van der Waals surface area (Å²) in [5.74, 6) is 0.728. The van der Waals surface area contributed by atoms with Gasteiger partial charge in [-0.3, -0.25) is 0 Å². The SMILES string of the molecule is [CH2-]C1CCN(C)CC1.[Re]. The molecule has 0 aromatic heterocycles. The second-order valence-corrected chi connectivity index (χ2v) is 2.75. The van der Waals surface area contributed by atoms with Crippen molar-refractivity contribution in [3.05, 3.63) is 6.92 Å². The number of likely N-dealkylation sites (tertiary alicyclic amines) is 1. The Kier molecular flexibility index (Phi) is 4.75. The Morgan fingerprint density at radius 1 is 1.33 bits per heavy atom. The molecule has 0 aliphatic carbocycles. The summed E-state index contributed by atoms with van der Waals surface area (Å²) in [5, 5.41) is 0. The van der Waals surface area contributed by atoms with Crippen LogP contribution in [0.1, 0.15) is 12.8 Å². The topological polar surface area (TPSA) is 3.24 Å². The molecule has 0 N–H and O–H groups in total. The summed E-state index contributed by atoms with van der Waals surface area (Å²) in [4.78, 5) is 2.36. The van der Waals surface area contributed by atoms with Gasteiger partial charge in [0.1, 0.15) is 0 Å². The van der Waals surface area contributed by atoms with Gasteiger partial charge in [-0.05, 0) is 20.1 Å². The Morgan fingerprint density at radius 3 is 2.11 bits per heavy atom. The standard InChI is InChI=1S/C7H14N.Re/c1-7-3-5-8(2)6-4-7;/h7H,1,3-6H2,2H3;/q-1;. The number of hydrogen-bond donors (Lipinski definition) is 0. The van der Waals surface area contributed by atoms with Crippen LogP contribution >= 0.6 is 0 Å². The van der Waals surface area contributed by atoms with E-state index in [0.29, 0.717) is 0 Å². The van der Waals surface area contributed by atoms with Crippen molar-refractivity contribution in [2.75, 3.05) is 20.1 Å². The molecule has 1 aliphatic rings. The molecule has 0 spiro atoms. The number of rotatable bonds is 0. The van der Waals surface area contributed by atoms with E-state index in [9.17, 15) is 0 Å². The van der Waals surface area contributed by atoms with Gasteiger partial charge in [0.2, 0.25) is 0 Å². The van der Waals surface area contributed by atoms with Gasteiger partial charge in [-0.1, -0.05) is 12.8 Å². The van der Waals surface area contributed by atoms with Gasteiger partial charge in [0.25, 0.3) is 0 Å². The van der Waals surface area contributed by atoms with Gasteiger partial charge in [0, 0.05) is 20.4 Å². The summed E-state index contributed by atoms with van der Waals surface area (Å²) in [7, 11) is 2.17. The van der Waals surface area contributed by atoms with Crippen LogP contribution in [0, 0.1) is 12.8 Å². The maximum absolute atomic E-state index is 4.01. The fourth-order valence-corrected chi connectivity index (χ4v) is 1.06. The Hall–Kier alpha value is 0.622. The van der Waals surface area contributed by atoms with Crippen molar-refractivity contribution in [3.8, 4) is 0 Å². The first-order chi connectivity index (χ1) is 3.79. The minimum absolute atomic E-state index is 0. The quantitative estimate of drug-likeness (QED) is 0.607. The summed E-state index contributed by atoms with van der Waals surface area (Å²) < 4.78 is 0. The minimum atomic E-state index is 0. The van der Waals surface area contributed by atoms with Gasteiger partial charge in [-0.15, -0.1) is 0 Å². The molecule has 0 unspecified atom stereocenters. The molecule has 9 heavy (non-hydrogen) atoms. The van der Waals surface area contributed by atoms with Gasteiger partial charge in [-0.2, -0.15) is 5.92 Å². The normalized spacial score (nSPS) is 23.3. The molecule has 1 rings (SSSR count). The second-order valence-electron chi connectivity index (χ2n) is 2.75.